The van der Waals surface area contributed by atoms with Gasteiger partial charge >= 0.3 is 5.97 Å². The van der Waals surface area contributed by atoms with Crippen LogP contribution in [0.25, 0.3) is 0 Å². The summed E-state index contributed by atoms with van der Waals surface area (Å²) < 4.78 is 5.48. The van der Waals surface area contributed by atoms with E-state index < -0.39 is 5.97 Å². The van der Waals surface area contributed by atoms with Crippen molar-refractivity contribution < 1.29 is 14.6 Å². The molecule has 2 rings (SSSR count). The van der Waals surface area contributed by atoms with Crippen LogP contribution >= 0.6 is 11.6 Å². The Morgan fingerprint density at radius 2 is 2.26 bits per heavy atom. The molecule has 5 heteroatoms. The van der Waals surface area contributed by atoms with Gasteiger partial charge in [-0.1, -0.05) is 17.7 Å². The van der Waals surface area contributed by atoms with Crippen LogP contribution in [0.4, 0.5) is 0 Å². The summed E-state index contributed by atoms with van der Waals surface area (Å²) in [6.45, 7) is 7.22. The smallest absolute Gasteiger partial charge is 0.335 e. The third kappa shape index (κ3) is 3.26. The highest BCUT2D eigenvalue weighted by molar-refractivity contribution is 6.31. The molecule has 1 aliphatic heterocycles. The Morgan fingerprint density at radius 3 is 2.84 bits per heavy atom. The van der Waals surface area contributed by atoms with Crippen molar-refractivity contribution in [3.8, 4) is 0 Å². The molecule has 0 radical (unpaired) electrons. The van der Waals surface area contributed by atoms with E-state index in [1.165, 1.54) is 6.07 Å². The second-order valence-corrected chi connectivity index (χ2v) is 5.81. The van der Waals surface area contributed by atoms with E-state index in [0.29, 0.717) is 24.8 Å². The molecule has 0 spiro atoms. The zero-order chi connectivity index (χ0) is 14.0. The van der Waals surface area contributed by atoms with E-state index in [9.17, 15) is 4.79 Å². The van der Waals surface area contributed by atoms with Crippen molar-refractivity contribution in [1.29, 1.82) is 0 Å². The van der Waals surface area contributed by atoms with Gasteiger partial charge in [0.15, 0.2) is 0 Å². The molecule has 1 aromatic carbocycles. The van der Waals surface area contributed by atoms with E-state index in [2.05, 4.69) is 18.7 Å². The van der Waals surface area contributed by atoms with E-state index in [4.69, 9.17) is 21.4 Å². The molecule has 0 aliphatic carbocycles. The Bertz CT molecular complexity index is 488. The highest BCUT2D eigenvalue weighted by Crippen LogP contribution is 2.25. The van der Waals surface area contributed by atoms with Gasteiger partial charge in [0, 0.05) is 23.7 Å². The average Bonchev–Trinajstić information content (AvgIpc) is 2.33. The highest BCUT2D eigenvalue weighted by Gasteiger charge is 2.30. The van der Waals surface area contributed by atoms with Crippen LogP contribution in [0.5, 0.6) is 0 Å². The number of carboxylic acids is 1. The molecule has 104 valence electrons. The predicted molar refractivity (Wildman–Crippen MR) is 73.7 cm³/mol. The Morgan fingerprint density at radius 1 is 1.53 bits per heavy atom. The van der Waals surface area contributed by atoms with Crippen LogP contribution in [0.15, 0.2) is 18.2 Å². The van der Waals surface area contributed by atoms with Crippen LogP contribution in [0.2, 0.25) is 5.02 Å². The number of carbonyl (C=O) groups is 1. The summed E-state index contributed by atoms with van der Waals surface area (Å²) in [5.41, 5.74) is 1.13. The fourth-order valence-corrected chi connectivity index (χ4v) is 2.44. The van der Waals surface area contributed by atoms with Crippen molar-refractivity contribution in [3.05, 3.63) is 34.3 Å². The summed E-state index contributed by atoms with van der Waals surface area (Å²) in [4.78, 5) is 13.2. The Labute approximate surface area is 117 Å². The van der Waals surface area contributed by atoms with Crippen molar-refractivity contribution in [2.75, 3.05) is 19.8 Å². The Balaban J connectivity index is 2.17. The molecule has 1 fully saturated rings. The molecular formula is C14H18ClNO3. The number of nitrogens with zero attached hydrogens (tertiary/aromatic N) is 1. The second-order valence-electron chi connectivity index (χ2n) is 5.40. The Hall–Kier alpha value is -1.10. The summed E-state index contributed by atoms with van der Waals surface area (Å²) in [5, 5.41) is 9.42. The molecule has 0 atom stereocenters. The van der Waals surface area contributed by atoms with Crippen LogP contribution in [0.1, 0.15) is 29.8 Å². The number of aromatic carboxylic acids is 1. The first-order valence-electron chi connectivity index (χ1n) is 6.25. The van der Waals surface area contributed by atoms with Gasteiger partial charge in [0.25, 0.3) is 0 Å². The molecule has 0 unspecified atom stereocenters. The Kier molecular flexibility index (Phi) is 4.13. The SMILES string of the molecule is CC1(C)COCCN1Cc1ccc(C(=O)O)cc1Cl. The number of halogens is 1. The minimum absolute atomic E-state index is 0.0347. The van der Waals surface area contributed by atoms with Crippen LogP contribution in [-0.2, 0) is 11.3 Å². The zero-order valence-electron chi connectivity index (χ0n) is 11.1. The maximum absolute atomic E-state index is 10.9. The van der Waals surface area contributed by atoms with E-state index >= 15 is 0 Å². The number of carboxylic acid groups (broad SMARTS) is 1. The maximum atomic E-state index is 10.9. The minimum Gasteiger partial charge on any atom is -0.478 e. The second kappa shape index (κ2) is 5.49. The molecule has 0 aromatic heterocycles. The van der Waals surface area contributed by atoms with Crippen LogP contribution in [0, 0.1) is 0 Å². The van der Waals surface area contributed by atoms with Crippen LogP contribution in [0.3, 0.4) is 0 Å². The average molecular weight is 284 g/mol. The van der Waals surface area contributed by atoms with Crippen molar-refractivity contribution in [2.45, 2.75) is 25.9 Å². The van der Waals surface area contributed by atoms with Gasteiger partial charge in [-0.15, -0.1) is 0 Å². The molecule has 1 N–H and O–H groups in total. The quantitative estimate of drug-likeness (QED) is 0.926. The summed E-state index contributed by atoms with van der Waals surface area (Å²) in [5.74, 6) is -0.958. The van der Waals surface area contributed by atoms with E-state index in [1.54, 1.807) is 12.1 Å². The lowest BCUT2D eigenvalue weighted by atomic mass is 10.0. The number of hydrogen-bond acceptors (Lipinski definition) is 3. The number of benzene rings is 1. The molecule has 4 nitrogen and oxygen atoms in total. The molecule has 1 aliphatic rings. The first kappa shape index (κ1) is 14.3. The monoisotopic (exact) mass is 283 g/mol. The lowest BCUT2D eigenvalue weighted by molar-refractivity contribution is -0.0552. The fourth-order valence-electron chi connectivity index (χ4n) is 2.20. The van der Waals surface area contributed by atoms with Gasteiger partial charge in [0.1, 0.15) is 0 Å². The molecular weight excluding hydrogens is 266 g/mol. The highest BCUT2D eigenvalue weighted by atomic mass is 35.5. The van der Waals surface area contributed by atoms with Crippen LogP contribution in [-0.4, -0.2) is 41.3 Å². The first-order valence-corrected chi connectivity index (χ1v) is 6.62. The molecule has 1 saturated heterocycles. The largest absolute Gasteiger partial charge is 0.478 e. The van der Waals surface area contributed by atoms with Gasteiger partial charge < -0.3 is 9.84 Å². The predicted octanol–water partition coefficient (Wildman–Crippen LogP) is 2.65. The normalized spacial score (nSPS) is 19.3. The molecule has 1 aromatic rings. The van der Waals surface area contributed by atoms with Gasteiger partial charge in [-0.2, -0.15) is 0 Å². The van der Waals surface area contributed by atoms with E-state index in [-0.39, 0.29) is 11.1 Å². The lowest BCUT2D eigenvalue weighted by Crippen LogP contribution is -2.52. The third-order valence-electron chi connectivity index (χ3n) is 3.48. The number of ether oxygens (including phenoxy) is 1. The fraction of sp³-hybridized carbons (Fsp3) is 0.500. The molecule has 19 heavy (non-hydrogen) atoms. The number of hydrogen-bond donors (Lipinski definition) is 1. The summed E-state index contributed by atoms with van der Waals surface area (Å²) in [7, 11) is 0. The summed E-state index contributed by atoms with van der Waals surface area (Å²) in [6.07, 6.45) is 0. The molecule has 0 amide bonds. The minimum atomic E-state index is -0.958. The van der Waals surface area contributed by atoms with Gasteiger partial charge in [-0.3, -0.25) is 4.90 Å². The number of rotatable bonds is 3. The number of morpholine rings is 1. The van der Waals surface area contributed by atoms with Crippen molar-refractivity contribution in [3.63, 3.8) is 0 Å². The van der Waals surface area contributed by atoms with Gasteiger partial charge in [-0.05, 0) is 31.5 Å². The molecule has 0 bridgehead atoms. The maximum Gasteiger partial charge on any atom is 0.335 e. The summed E-state index contributed by atoms with van der Waals surface area (Å²) >= 11 is 6.16. The van der Waals surface area contributed by atoms with Crippen LogP contribution < -0.4 is 0 Å². The third-order valence-corrected chi connectivity index (χ3v) is 3.83. The van der Waals surface area contributed by atoms with Gasteiger partial charge in [0.05, 0.1) is 18.8 Å². The topological polar surface area (TPSA) is 49.8 Å². The zero-order valence-corrected chi connectivity index (χ0v) is 11.9. The summed E-state index contributed by atoms with van der Waals surface area (Å²) in [6, 6.07) is 4.89. The van der Waals surface area contributed by atoms with Crippen molar-refractivity contribution in [1.82, 2.24) is 4.90 Å². The van der Waals surface area contributed by atoms with Gasteiger partial charge in [-0.25, -0.2) is 4.79 Å². The lowest BCUT2D eigenvalue weighted by Gasteiger charge is -2.42. The molecule has 1 heterocycles. The van der Waals surface area contributed by atoms with E-state index in [1.807, 2.05) is 0 Å². The van der Waals surface area contributed by atoms with Crippen molar-refractivity contribution >= 4 is 17.6 Å². The van der Waals surface area contributed by atoms with E-state index in [0.717, 1.165) is 12.1 Å². The van der Waals surface area contributed by atoms with Crippen molar-refractivity contribution in [2.24, 2.45) is 0 Å². The first-order chi connectivity index (χ1) is 8.90. The van der Waals surface area contributed by atoms with Gasteiger partial charge in [0.2, 0.25) is 0 Å². The standard InChI is InChI=1S/C14H18ClNO3/c1-14(2)9-19-6-5-16(14)8-11-4-3-10(13(17)18)7-12(11)15/h3-4,7H,5-6,8-9H2,1-2H3,(H,17,18). The molecule has 0 saturated carbocycles.